The van der Waals surface area contributed by atoms with Crippen LogP contribution in [0.1, 0.15) is 33.5 Å². The van der Waals surface area contributed by atoms with Crippen molar-refractivity contribution >= 4 is 28.9 Å². The molecular formula is C18H19F2NO4S. The molecular weight excluding hydrogens is 364 g/mol. The summed E-state index contributed by atoms with van der Waals surface area (Å²) in [6, 6.07) is 7.55. The van der Waals surface area contributed by atoms with Crippen LogP contribution in [0.5, 0.6) is 5.75 Å². The molecule has 0 aliphatic heterocycles. The van der Waals surface area contributed by atoms with Gasteiger partial charge in [0, 0.05) is 4.88 Å². The third-order valence-electron chi connectivity index (χ3n) is 3.45. The SMILES string of the molecule is CCCc1cc(C(=O)OCC(=O)Nc2ccccc2OC(F)F)sc1C. The highest BCUT2D eigenvalue weighted by Crippen LogP contribution is 2.26. The van der Waals surface area contributed by atoms with Crippen LogP contribution in [0, 0.1) is 6.92 Å². The molecule has 1 amide bonds. The number of ether oxygens (including phenoxy) is 2. The van der Waals surface area contributed by atoms with Crippen molar-refractivity contribution < 1.29 is 27.8 Å². The topological polar surface area (TPSA) is 64.6 Å². The predicted octanol–water partition coefficient (Wildman–Crippen LogP) is 4.41. The molecule has 1 aromatic heterocycles. The number of amides is 1. The zero-order chi connectivity index (χ0) is 19.1. The predicted molar refractivity (Wildman–Crippen MR) is 95.0 cm³/mol. The van der Waals surface area contributed by atoms with Gasteiger partial charge in [-0.1, -0.05) is 25.5 Å². The molecule has 0 fully saturated rings. The number of alkyl halides is 2. The Labute approximate surface area is 153 Å². The molecule has 0 atom stereocenters. The number of hydrogen-bond acceptors (Lipinski definition) is 5. The number of thiophene rings is 1. The van der Waals surface area contributed by atoms with Gasteiger partial charge in [-0.25, -0.2) is 4.79 Å². The molecule has 1 heterocycles. The van der Waals surface area contributed by atoms with E-state index in [0.29, 0.717) is 4.88 Å². The summed E-state index contributed by atoms with van der Waals surface area (Å²) in [5.41, 5.74) is 1.16. The molecule has 0 aliphatic rings. The van der Waals surface area contributed by atoms with Crippen molar-refractivity contribution in [3.8, 4) is 5.75 Å². The van der Waals surface area contributed by atoms with Crippen molar-refractivity contribution in [1.82, 2.24) is 0 Å². The highest BCUT2D eigenvalue weighted by molar-refractivity contribution is 7.14. The summed E-state index contributed by atoms with van der Waals surface area (Å²) in [4.78, 5) is 25.5. The van der Waals surface area contributed by atoms with E-state index < -0.39 is 25.1 Å². The molecule has 0 saturated carbocycles. The van der Waals surface area contributed by atoms with Crippen molar-refractivity contribution in [2.45, 2.75) is 33.3 Å². The molecule has 0 aliphatic carbocycles. The Hall–Kier alpha value is -2.48. The number of aryl methyl sites for hydroxylation is 2. The van der Waals surface area contributed by atoms with Crippen molar-refractivity contribution in [3.63, 3.8) is 0 Å². The number of benzene rings is 1. The lowest BCUT2D eigenvalue weighted by molar-refractivity contribution is -0.119. The second-order valence-electron chi connectivity index (χ2n) is 5.44. The van der Waals surface area contributed by atoms with Gasteiger partial charge in [0.15, 0.2) is 6.61 Å². The minimum atomic E-state index is -3.01. The van der Waals surface area contributed by atoms with Gasteiger partial charge in [0.05, 0.1) is 5.69 Å². The molecule has 140 valence electrons. The monoisotopic (exact) mass is 383 g/mol. The van der Waals surface area contributed by atoms with E-state index in [4.69, 9.17) is 4.74 Å². The molecule has 5 nitrogen and oxygen atoms in total. The number of hydrogen-bond donors (Lipinski definition) is 1. The maximum atomic E-state index is 12.4. The fraction of sp³-hybridized carbons (Fsp3) is 0.333. The first-order chi connectivity index (χ1) is 12.4. The van der Waals surface area contributed by atoms with Gasteiger partial charge in [0.1, 0.15) is 10.6 Å². The van der Waals surface area contributed by atoms with Crippen molar-refractivity contribution in [2.24, 2.45) is 0 Å². The van der Waals surface area contributed by atoms with E-state index in [0.717, 1.165) is 23.3 Å². The third kappa shape index (κ3) is 5.52. The average molecular weight is 383 g/mol. The number of carbonyl (C=O) groups excluding carboxylic acids is 2. The van der Waals surface area contributed by atoms with Crippen molar-refractivity contribution in [1.29, 1.82) is 0 Å². The van der Waals surface area contributed by atoms with Gasteiger partial charge in [-0.2, -0.15) is 8.78 Å². The van der Waals surface area contributed by atoms with Gasteiger partial charge >= 0.3 is 12.6 Å². The van der Waals surface area contributed by atoms with Gasteiger partial charge in [0.25, 0.3) is 5.91 Å². The molecule has 8 heteroatoms. The van der Waals surface area contributed by atoms with Gasteiger partial charge in [-0.3, -0.25) is 4.79 Å². The molecule has 0 saturated heterocycles. The van der Waals surface area contributed by atoms with Crippen LogP contribution in [-0.4, -0.2) is 25.1 Å². The molecule has 0 spiro atoms. The fourth-order valence-corrected chi connectivity index (χ4v) is 3.26. The summed E-state index contributed by atoms with van der Waals surface area (Å²) in [5.74, 6) is -1.40. The van der Waals surface area contributed by atoms with E-state index in [1.165, 1.54) is 29.5 Å². The summed E-state index contributed by atoms with van der Waals surface area (Å²) in [6.07, 6.45) is 1.84. The highest BCUT2D eigenvalue weighted by Gasteiger charge is 2.16. The van der Waals surface area contributed by atoms with E-state index in [-0.39, 0.29) is 11.4 Å². The minimum absolute atomic E-state index is 0.0750. The summed E-state index contributed by atoms with van der Waals surface area (Å²) < 4.78 is 34.1. The van der Waals surface area contributed by atoms with Crippen molar-refractivity contribution in [3.05, 3.63) is 45.6 Å². The van der Waals surface area contributed by atoms with Crippen LogP contribution < -0.4 is 10.1 Å². The Bertz CT molecular complexity index is 776. The number of carbonyl (C=O) groups is 2. The van der Waals surface area contributed by atoms with Crippen LogP contribution >= 0.6 is 11.3 Å². The smallest absolute Gasteiger partial charge is 0.387 e. The minimum Gasteiger partial charge on any atom is -0.451 e. The second-order valence-corrected chi connectivity index (χ2v) is 6.70. The van der Waals surface area contributed by atoms with Crippen LogP contribution in [0.4, 0.5) is 14.5 Å². The van der Waals surface area contributed by atoms with Crippen LogP contribution in [-0.2, 0) is 16.0 Å². The van der Waals surface area contributed by atoms with Gasteiger partial charge in [0.2, 0.25) is 0 Å². The van der Waals surface area contributed by atoms with Crippen LogP contribution in [0.2, 0.25) is 0 Å². The Morgan fingerprint density at radius 1 is 1.27 bits per heavy atom. The molecule has 0 unspecified atom stereocenters. The Morgan fingerprint density at radius 2 is 2.00 bits per heavy atom. The molecule has 1 aromatic carbocycles. The zero-order valence-corrected chi connectivity index (χ0v) is 15.2. The number of para-hydroxylation sites is 2. The number of nitrogens with one attached hydrogen (secondary N) is 1. The summed E-state index contributed by atoms with van der Waals surface area (Å²) in [5, 5.41) is 2.39. The van der Waals surface area contributed by atoms with Crippen LogP contribution in [0.15, 0.2) is 30.3 Å². The van der Waals surface area contributed by atoms with E-state index in [1.54, 1.807) is 12.1 Å². The third-order valence-corrected chi connectivity index (χ3v) is 4.53. The highest BCUT2D eigenvalue weighted by atomic mass is 32.1. The summed E-state index contributed by atoms with van der Waals surface area (Å²) in [6.45, 7) is 0.445. The molecule has 2 rings (SSSR count). The fourth-order valence-electron chi connectivity index (χ4n) is 2.30. The maximum Gasteiger partial charge on any atom is 0.387 e. The Kier molecular flexibility index (Phi) is 7.08. The first kappa shape index (κ1) is 19.8. The number of esters is 1. The van der Waals surface area contributed by atoms with E-state index in [1.807, 2.05) is 6.92 Å². The second kappa shape index (κ2) is 9.28. The number of halogens is 2. The van der Waals surface area contributed by atoms with E-state index >= 15 is 0 Å². The quantitative estimate of drug-likeness (QED) is 0.686. The van der Waals surface area contributed by atoms with Gasteiger partial charge in [-0.05, 0) is 37.1 Å². The van der Waals surface area contributed by atoms with E-state index in [9.17, 15) is 18.4 Å². The standard InChI is InChI=1S/C18H19F2NO4S/c1-3-6-12-9-15(26-11(12)2)17(23)24-10-16(22)21-13-7-4-5-8-14(13)25-18(19)20/h4-5,7-9,18H,3,6,10H2,1-2H3,(H,21,22). The Morgan fingerprint density at radius 3 is 2.69 bits per heavy atom. The van der Waals surface area contributed by atoms with Crippen molar-refractivity contribution in [2.75, 3.05) is 11.9 Å². The van der Waals surface area contributed by atoms with Gasteiger partial charge in [-0.15, -0.1) is 11.3 Å². The molecule has 1 N–H and O–H groups in total. The average Bonchev–Trinajstić information content (AvgIpc) is 2.95. The van der Waals surface area contributed by atoms with Gasteiger partial charge < -0.3 is 14.8 Å². The lowest BCUT2D eigenvalue weighted by Crippen LogP contribution is -2.21. The first-order valence-electron chi connectivity index (χ1n) is 8.00. The molecule has 0 radical (unpaired) electrons. The summed E-state index contributed by atoms with van der Waals surface area (Å²) in [7, 11) is 0. The lowest BCUT2D eigenvalue weighted by Gasteiger charge is -2.11. The molecule has 26 heavy (non-hydrogen) atoms. The maximum absolute atomic E-state index is 12.4. The van der Waals surface area contributed by atoms with Crippen LogP contribution in [0.3, 0.4) is 0 Å². The molecule has 0 bridgehead atoms. The zero-order valence-electron chi connectivity index (χ0n) is 14.4. The number of anilines is 1. The largest absolute Gasteiger partial charge is 0.451 e. The normalized spacial score (nSPS) is 10.7. The van der Waals surface area contributed by atoms with Crippen LogP contribution in [0.25, 0.3) is 0 Å². The number of rotatable bonds is 8. The summed E-state index contributed by atoms with van der Waals surface area (Å²) >= 11 is 1.32. The van der Waals surface area contributed by atoms with E-state index in [2.05, 4.69) is 17.0 Å². The first-order valence-corrected chi connectivity index (χ1v) is 8.82. The lowest BCUT2D eigenvalue weighted by atomic mass is 10.1. The Balaban J connectivity index is 1.93. The molecule has 2 aromatic rings.